The number of carbonyl (C=O) groups is 1. The Balaban J connectivity index is 2.78. The third-order valence-corrected chi connectivity index (χ3v) is 3.26. The molecule has 94 valence electrons. The molecular formula is C12H12ClN3O2. The van der Waals surface area contributed by atoms with Crippen LogP contribution in [-0.2, 0) is 0 Å². The minimum atomic E-state index is -1.05. The highest BCUT2D eigenvalue weighted by molar-refractivity contribution is 6.31. The molecule has 0 atom stereocenters. The number of benzene rings is 1. The lowest BCUT2D eigenvalue weighted by molar-refractivity contribution is 0.0697. The van der Waals surface area contributed by atoms with E-state index in [1.165, 1.54) is 10.7 Å². The van der Waals surface area contributed by atoms with Crippen LogP contribution in [-0.4, -0.2) is 20.9 Å². The van der Waals surface area contributed by atoms with Gasteiger partial charge in [0.05, 0.1) is 27.7 Å². The predicted octanol–water partition coefficient (Wildman–Crippen LogP) is 2.42. The number of hydrogen-bond acceptors (Lipinski definition) is 3. The van der Waals surface area contributed by atoms with E-state index in [4.69, 9.17) is 17.3 Å². The molecular weight excluding hydrogens is 254 g/mol. The number of para-hydroxylation sites is 1. The van der Waals surface area contributed by atoms with Gasteiger partial charge < -0.3 is 10.8 Å². The van der Waals surface area contributed by atoms with Crippen LogP contribution < -0.4 is 5.73 Å². The number of nitrogens with two attached hydrogens (primary N) is 1. The monoisotopic (exact) mass is 265 g/mol. The zero-order valence-corrected chi connectivity index (χ0v) is 10.7. The smallest absolute Gasteiger partial charge is 0.337 e. The second-order valence-corrected chi connectivity index (χ2v) is 4.32. The molecule has 3 N–H and O–H groups in total. The van der Waals surface area contributed by atoms with Crippen molar-refractivity contribution < 1.29 is 9.90 Å². The van der Waals surface area contributed by atoms with E-state index < -0.39 is 5.97 Å². The molecule has 0 bridgehead atoms. The number of aromatic nitrogens is 2. The zero-order valence-electron chi connectivity index (χ0n) is 9.94. The van der Waals surface area contributed by atoms with Crippen LogP contribution in [0.15, 0.2) is 18.2 Å². The minimum Gasteiger partial charge on any atom is -0.478 e. The van der Waals surface area contributed by atoms with E-state index in [1.54, 1.807) is 26.0 Å². The van der Waals surface area contributed by atoms with Crippen LogP contribution in [0.5, 0.6) is 0 Å². The van der Waals surface area contributed by atoms with Crippen molar-refractivity contribution in [2.45, 2.75) is 13.8 Å². The number of nitrogen functional groups attached to an aromatic ring is 1. The number of aromatic carboxylic acids is 1. The fourth-order valence-corrected chi connectivity index (χ4v) is 1.93. The summed E-state index contributed by atoms with van der Waals surface area (Å²) in [4.78, 5) is 11.2. The van der Waals surface area contributed by atoms with Crippen molar-refractivity contribution in [3.8, 4) is 5.69 Å². The lowest BCUT2D eigenvalue weighted by Crippen LogP contribution is -2.10. The Kier molecular flexibility index (Phi) is 3.00. The van der Waals surface area contributed by atoms with Crippen LogP contribution >= 0.6 is 11.6 Å². The summed E-state index contributed by atoms with van der Waals surface area (Å²) in [6.07, 6.45) is 0. The molecule has 0 radical (unpaired) electrons. The lowest BCUT2D eigenvalue weighted by atomic mass is 10.1. The van der Waals surface area contributed by atoms with Gasteiger partial charge in [0.25, 0.3) is 0 Å². The summed E-state index contributed by atoms with van der Waals surface area (Å²) in [6.45, 7) is 3.52. The van der Waals surface area contributed by atoms with E-state index in [-0.39, 0.29) is 5.56 Å². The van der Waals surface area contributed by atoms with Gasteiger partial charge in [0.2, 0.25) is 0 Å². The summed E-state index contributed by atoms with van der Waals surface area (Å²) in [5, 5.41) is 13.9. The van der Waals surface area contributed by atoms with Gasteiger partial charge >= 0.3 is 5.97 Å². The summed E-state index contributed by atoms with van der Waals surface area (Å²) in [5.41, 5.74) is 7.93. The normalized spacial score (nSPS) is 10.6. The first-order valence-corrected chi connectivity index (χ1v) is 5.65. The fraction of sp³-hybridized carbons (Fsp3) is 0.167. The van der Waals surface area contributed by atoms with Gasteiger partial charge in [-0.25, -0.2) is 9.48 Å². The Labute approximate surface area is 109 Å². The first kappa shape index (κ1) is 12.4. The van der Waals surface area contributed by atoms with E-state index in [9.17, 15) is 9.90 Å². The molecule has 0 aliphatic heterocycles. The van der Waals surface area contributed by atoms with Crippen LogP contribution in [0.4, 0.5) is 5.69 Å². The first-order valence-electron chi connectivity index (χ1n) is 5.27. The molecule has 0 aliphatic carbocycles. The molecule has 0 saturated heterocycles. The summed E-state index contributed by atoms with van der Waals surface area (Å²) in [5.74, 6) is -1.05. The number of carboxylic acid groups (broad SMARTS) is 1. The quantitative estimate of drug-likeness (QED) is 0.817. The van der Waals surface area contributed by atoms with Crippen molar-refractivity contribution in [2.75, 3.05) is 5.73 Å². The van der Waals surface area contributed by atoms with Crippen molar-refractivity contribution in [3.05, 3.63) is 40.2 Å². The summed E-state index contributed by atoms with van der Waals surface area (Å²) in [7, 11) is 0. The van der Waals surface area contributed by atoms with Crippen LogP contribution in [0.25, 0.3) is 5.69 Å². The van der Waals surface area contributed by atoms with Crippen LogP contribution in [0.2, 0.25) is 5.02 Å². The second kappa shape index (κ2) is 4.34. The molecule has 2 rings (SSSR count). The van der Waals surface area contributed by atoms with Crippen molar-refractivity contribution in [2.24, 2.45) is 0 Å². The fourth-order valence-electron chi connectivity index (χ4n) is 1.81. The number of nitrogens with zero attached hydrogens (tertiary/aromatic N) is 2. The Bertz CT molecular complexity index is 634. The van der Waals surface area contributed by atoms with Gasteiger partial charge in [-0.2, -0.15) is 5.10 Å². The number of hydrogen-bond donors (Lipinski definition) is 2. The lowest BCUT2D eigenvalue weighted by Gasteiger charge is -2.11. The number of rotatable bonds is 2. The largest absolute Gasteiger partial charge is 0.478 e. The molecule has 0 unspecified atom stereocenters. The molecule has 0 spiro atoms. The van der Waals surface area contributed by atoms with Crippen LogP contribution in [0.1, 0.15) is 21.7 Å². The highest BCUT2D eigenvalue weighted by atomic mass is 35.5. The Morgan fingerprint density at radius 2 is 2.11 bits per heavy atom. The molecule has 1 aromatic carbocycles. The Hall–Kier alpha value is -2.01. The van der Waals surface area contributed by atoms with E-state index in [1.807, 2.05) is 0 Å². The zero-order chi connectivity index (χ0) is 13.4. The number of anilines is 1. The predicted molar refractivity (Wildman–Crippen MR) is 69.4 cm³/mol. The highest BCUT2D eigenvalue weighted by Crippen LogP contribution is 2.27. The average molecular weight is 266 g/mol. The van der Waals surface area contributed by atoms with Gasteiger partial charge in [-0.1, -0.05) is 17.7 Å². The topological polar surface area (TPSA) is 81.1 Å². The van der Waals surface area contributed by atoms with Crippen LogP contribution in [0.3, 0.4) is 0 Å². The van der Waals surface area contributed by atoms with E-state index in [2.05, 4.69) is 5.10 Å². The van der Waals surface area contributed by atoms with Crippen molar-refractivity contribution >= 4 is 23.3 Å². The molecule has 1 heterocycles. The molecule has 6 heteroatoms. The maximum Gasteiger partial charge on any atom is 0.337 e. The first-order chi connectivity index (χ1) is 8.43. The number of carboxylic acids is 1. The Morgan fingerprint density at radius 3 is 2.61 bits per heavy atom. The average Bonchev–Trinajstić information content (AvgIpc) is 2.56. The molecule has 0 fully saturated rings. The van der Waals surface area contributed by atoms with Gasteiger partial charge in [0.1, 0.15) is 5.69 Å². The summed E-state index contributed by atoms with van der Waals surface area (Å²) < 4.78 is 1.47. The van der Waals surface area contributed by atoms with Gasteiger partial charge in [-0.3, -0.25) is 0 Å². The maximum absolute atomic E-state index is 11.2. The van der Waals surface area contributed by atoms with Gasteiger partial charge in [0.15, 0.2) is 0 Å². The minimum absolute atomic E-state index is 0.0947. The molecule has 1 aromatic heterocycles. The third kappa shape index (κ3) is 1.82. The van der Waals surface area contributed by atoms with Crippen molar-refractivity contribution in [1.82, 2.24) is 9.78 Å². The van der Waals surface area contributed by atoms with Gasteiger partial charge in [-0.15, -0.1) is 0 Å². The number of halogens is 1. The van der Waals surface area contributed by atoms with Gasteiger partial charge in [-0.05, 0) is 26.0 Å². The summed E-state index contributed by atoms with van der Waals surface area (Å²) in [6, 6.07) is 4.71. The molecule has 0 saturated carbocycles. The van der Waals surface area contributed by atoms with E-state index in [0.717, 1.165) is 0 Å². The molecule has 18 heavy (non-hydrogen) atoms. The Morgan fingerprint density at radius 1 is 1.44 bits per heavy atom. The van der Waals surface area contributed by atoms with E-state index in [0.29, 0.717) is 27.8 Å². The maximum atomic E-state index is 11.2. The van der Waals surface area contributed by atoms with Gasteiger partial charge in [0, 0.05) is 0 Å². The molecule has 2 aromatic rings. The second-order valence-electron chi connectivity index (χ2n) is 3.95. The summed E-state index contributed by atoms with van der Waals surface area (Å²) >= 11 is 6.06. The molecule has 0 amide bonds. The number of aryl methyl sites for hydroxylation is 1. The van der Waals surface area contributed by atoms with Crippen molar-refractivity contribution in [3.63, 3.8) is 0 Å². The van der Waals surface area contributed by atoms with Crippen LogP contribution in [0, 0.1) is 13.8 Å². The SMILES string of the molecule is Cc1nn(-c2c(N)cccc2C(=O)O)c(C)c1Cl. The van der Waals surface area contributed by atoms with E-state index >= 15 is 0 Å². The third-order valence-electron chi connectivity index (χ3n) is 2.71. The van der Waals surface area contributed by atoms with Crippen molar-refractivity contribution in [1.29, 1.82) is 0 Å². The highest BCUT2D eigenvalue weighted by Gasteiger charge is 2.19. The standard InChI is InChI=1S/C12H12ClN3O2/c1-6-10(13)7(2)16(15-6)11-8(12(17)18)4-3-5-9(11)14/h3-5H,14H2,1-2H3,(H,17,18). The molecule has 0 aliphatic rings. The molecule has 5 nitrogen and oxygen atoms in total.